The minimum absolute atomic E-state index is 0.0172. The Bertz CT molecular complexity index is 1080. The standard InChI is InChI=1S/C29H38N4O3/c1-21-16-31-28(21)15-25(33(26(28)34)19-24-11-7-4-8-12-24)20-32-18-22(2)29(32,27(35)36)13-14-30-17-23-9-5-3-6-10-23/h3-12,21-22,25,30-31H,13-20H2,1-2H3,(H,35,36). The highest BCUT2D eigenvalue weighted by Crippen LogP contribution is 2.44. The second kappa shape index (κ2) is 9.96. The van der Waals surface area contributed by atoms with Crippen LogP contribution in [0.2, 0.25) is 0 Å². The molecule has 3 aliphatic rings. The van der Waals surface area contributed by atoms with Crippen LogP contribution in [-0.4, -0.2) is 70.1 Å². The smallest absolute Gasteiger partial charge is 0.324 e. The maximum absolute atomic E-state index is 13.6. The van der Waals surface area contributed by atoms with Gasteiger partial charge in [-0.3, -0.25) is 14.5 Å². The number of carbonyl (C=O) groups is 2. The Hall–Kier alpha value is -2.74. The molecule has 7 nitrogen and oxygen atoms in total. The highest BCUT2D eigenvalue weighted by atomic mass is 16.4. The van der Waals surface area contributed by atoms with Crippen LogP contribution in [0.25, 0.3) is 0 Å². The zero-order valence-corrected chi connectivity index (χ0v) is 21.3. The molecular formula is C29H38N4O3. The number of rotatable bonds is 10. The summed E-state index contributed by atoms with van der Waals surface area (Å²) in [5, 5.41) is 17.3. The van der Waals surface area contributed by atoms with Crippen molar-refractivity contribution < 1.29 is 14.7 Å². The third-order valence-corrected chi connectivity index (χ3v) is 8.93. The van der Waals surface area contributed by atoms with E-state index in [9.17, 15) is 14.7 Å². The molecule has 3 heterocycles. The van der Waals surface area contributed by atoms with E-state index in [1.165, 1.54) is 5.56 Å². The van der Waals surface area contributed by atoms with Crippen molar-refractivity contribution in [3.05, 3.63) is 71.8 Å². The molecule has 3 aliphatic heterocycles. The van der Waals surface area contributed by atoms with Crippen molar-refractivity contribution in [1.29, 1.82) is 0 Å². The van der Waals surface area contributed by atoms with Crippen molar-refractivity contribution in [3.63, 3.8) is 0 Å². The SMILES string of the molecule is CC1CNC12CC(CN1CC(C)C1(CCNCc1ccccc1)C(=O)O)N(Cc1ccccc1)C2=O. The van der Waals surface area contributed by atoms with Crippen LogP contribution in [0.5, 0.6) is 0 Å². The molecule has 0 bridgehead atoms. The Morgan fingerprint density at radius 1 is 1.06 bits per heavy atom. The maximum atomic E-state index is 13.6. The van der Waals surface area contributed by atoms with E-state index < -0.39 is 17.0 Å². The topological polar surface area (TPSA) is 84.9 Å². The lowest BCUT2D eigenvalue weighted by Gasteiger charge is -2.56. The molecule has 0 saturated carbocycles. The molecule has 36 heavy (non-hydrogen) atoms. The van der Waals surface area contributed by atoms with E-state index in [0.717, 1.165) is 31.6 Å². The Kier molecular flexibility index (Phi) is 6.90. The molecule has 192 valence electrons. The lowest BCUT2D eigenvalue weighted by atomic mass is 9.71. The first kappa shape index (κ1) is 24.9. The summed E-state index contributed by atoms with van der Waals surface area (Å²) in [6.07, 6.45) is 1.27. The van der Waals surface area contributed by atoms with Crippen molar-refractivity contribution >= 4 is 11.9 Å². The predicted molar refractivity (Wildman–Crippen MR) is 139 cm³/mol. The molecule has 3 fully saturated rings. The normalized spacial score (nSPS) is 31.9. The fourth-order valence-corrected chi connectivity index (χ4v) is 6.55. The molecule has 0 aliphatic carbocycles. The number of nitrogens with one attached hydrogen (secondary N) is 2. The number of nitrogens with zero attached hydrogens (tertiary/aromatic N) is 2. The van der Waals surface area contributed by atoms with Crippen LogP contribution in [0.1, 0.15) is 37.8 Å². The fourth-order valence-electron chi connectivity index (χ4n) is 6.55. The van der Waals surface area contributed by atoms with Gasteiger partial charge in [0.2, 0.25) is 5.91 Å². The Morgan fingerprint density at radius 2 is 1.72 bits per heavy atom. The van der Waals surface area contributed by atoms with Crippen LogP contribution < -0.4 is 10.6 Å². The molecule has 0 aromatic heterocycles. The lowest BCUT2D eigenvalue weighted by Crippen LogP contribution is -2.72. The molecule has 0 radical (unpaired) electrons. The number of amides is 1. The number of benzene rings is 2. The van der Waals surface area contributed by atoms with Crippen molar-refractivity contribution in [3.8, 4) is 0 Å². The minimum Gasteiger partial charge on any atom is -0.480 e. The zero-order valence-electron chi connectivity index (χ0n) is 21.3. The third-order valence-electron chi connectivity index (χ3n) is 8.93. The van der Waals surface area contributed by atoms with E-state index in [2.05, 4.69) is 46.7 Å². The number of aliphatic carboxylic acids is 1. The van der Waals surface area contributed by atoms with Gasteiger partial charge in [0.15, 0.2) is 0 Å². The third kappa shape index (κ3) is 4.23. The molecule has 3 saturated heterocycles. The van der Waals surface area contributed by atoms with Crippen LogP contribution in [0.3, 0.4) is 0 Å². The highest BCUT2D eigenvalue weighted by molar-refractivity contribution is 5.90. The second-order valence-corrected chi connectivity index (χ2v) is 11.0. The molecule has 7 heteroatoms. The molecule has 2 aromatic rings. The van der Waals surface area contributed by atoms with E-state index >= 15 is 0 Å². The van der Waals surface area contributed by atoms with Gasteiger partial charge in [0.25, 0.3) is 0 Å². The molecule has 3 N–H and O–H groups in total. The van der Waals surface area contributed by atoms with Gasteiger partial charge in [0, 0.05) is 38.8 Å². The van der Waals surface area contributed by atoms with E-state index in [1.807, 2.05) is 48.2 Å². The number of carbonyl (C=O) groups excluding carboxylic acids is 1. The van der Waals surface area contributed by atoms with Crippen LogP contribution >= 0.6 is 0 Å². The number of likely N-dealkylation sites (tertiary alicyclic amines) is 2. The van der Waals surface area contributed by atoms with E-state index in [1.54, 1.807) is 0 Å². The summed E-state index contributed by atoms with van der Waals surface area (Å²) in [6.45, 7) is 8.27. The van der Waals surface area contributed by atoms with Gasteiger partial charge in [-0.2, -0.15) is 0 Å². The van der Waals surface area contributed by atoms with E-state index in [4.69, 9.17) is 0 Å². The van der Waals surface area contributed by atoms with Crippen LogP contribution in [0, 0.1) is 11.8 Å². The second-order valence-electron chi connectivity index (χ2n) is 11.0. The largest absolute Gasteiger partial charge is 0.480 e. The molecule has 1 spiro atoms. The van der Waals surface area contributed by atoms with Gasteiger partial charge in [0.1, 0.15) is 11.1 Å². The maximum Gasteiger partial charge on any atom is 0.324 e. The van der Waals surface area contributed by atoms with Gasteiger partial charge in [-0.15, -0.1) is 0 Å². The molecule has 1 amide bonds. The number of carboxylic acids is 1. The summed E-state index contributed by atoms with van der Waals surface area (Å²) < 4.78 is 0. The van der Waals surface area contributed by atoms with Gasteiger partial charge < -0.3 is 20.6 Å². The monoisotopic (exact) mass is 490 g/mol. The average Bonchev–Trinajstić information content (AvgIpc) is 3.16. The van der Waals surface area contributed by atoms with Crippen molar-refractivity contribution in [2.45, 2.75) is 56.9 Å². The van der Waals surface area contributed by atoms with E-state index in [-0.39, 0.29) is 23.8 Å². The first-order valence-electron chi connectivity index (χ1n) is 13.2. The van der Waals surface area contributed by atoms with Crippen molar-refractivity contribution in [2.24, 2.45) is 11.8 Å². The molecule has 5 atom stereocenters. The lowest BCUT2D eigenvalue weighted by molar-refractivity contribution is -0.174. The van der Waals surface area contributed by atoms with Gasteiger partial charge in [0.05, 0.1) is 0 Å². The molecule has 5 unspecified atom stereocenters. The summed E-state index contributed by atoms with van der Waals surface area (Å²) in [6, 6.07) is 20.2. The summed E-state index contributed by atoms with van der Waals surface area (Å²) in [7, 11) is 0. The summed E-state index contributed by atoms with van der Waals surface area (Å²) >= 11 is 0. The van der Waals surface area contributed by atoms with E-state index in [0.29, 0.717) is 26.1 Å². The first-order valence-corrected chi connectivity index (χ1v) is 13.2. The Morgan fingerprint density at radius 3 is 2.28 bits per heavy atom. The Balaban J connectivity index is 1.30. The zero-order chi connectivity index (χ0) is 25.3. The number of carboxylic acid groups (broad SMARTS) is 1. The number of hydrogen-bond donors (Lipinski definition) is 3. The van der Waals surface area contributed by atoms with Gasteiger partial charge in [-0.25, -0.2) is 0 Å². The van der Waals surface area contributed by atoms with Crippen LogP contribution in [0.4, 0.5) is 0 Å². The predicted octanol–water partition coefficient (Wildman–Crippen LogP) is 2.72. The highest BCUT2D eigenvalue weighted by Gasteiger charge is 2.62. The Labute approximate surface area is 213 Å². The quantitative estimate of drug-likeness (QED) is 0.444. The number of hydrogen-bond acceptors (Lipinski definition) is 5. The van der Waals surface area contributed by atoms with Crippen LogP contribution in [-0.2, 0) is 22.7 Å². The van der Waals surface area contributed by atoms with Crippen molar-refractivity contribution in [1.82, 2.24) is 20.4 Å². The van der Waals surface area contributed by atoms with Gasteiger partial charge >= 0.3 is 5.97 Å². The van der Waals surface area contributed by atoms with Gasteiger partial charge in [-0.05, 0) is 42.3 Å². The first-order chi connectivity index (χ1) is 17.4. The van der Waals surface area contributed by atoms with Crippen LogP contribution in [0.15, 0.2) is 60.7 Å². The summed E-state index contributed by atoms with van der Waals surface area (Å²) in [4.78, 5) is 30.5. The average molecular weight is 491 g/mol. The molecule has 2 aromatic carbocycles. The summed E-state index contributed by atoms with van der Waals surface area (Å²) in [5.74, 6) is -0.251. The fraction of sp³-hybridized carbons (Fsp3) is 0.517. The van der Waals surface area contributed by atoms with Crippen molar-refractivity contribution in [2.75, 3.05) is 26.2 Å². The summed E-state index contributed by atoms with van der Waals surface area (Å²) in [5.41, 5.74) is 0.888. The van der Waals surface area contributed by atoms with Gasteiger partial charge in [-0.1, -0.05) is 74.5 Å². The molecular weight excluding hydrogens is 452 g/mol. The molecule has 5 rings (SSSR count). The minimum atomic E-state index is -0.903.